The first-order valence-corrected chi connectivity index (χ1v) is 17.1. The molecule has 1 amide bonds. The highest BCUT2D eigenvalue weighted by atomic mass is 32.1. The number of fused-ring (bicyclic) bond motifs is 2. The van der Waals surface area contributed by atoms with Gasteiger partial charge in [-0.15, -0.1) is 10.2 Å². The number of nitrogens with zero attached hydrogens (tertiary/aromatic N) is 7. The molecule has 4 aromatic rings. The third-order valence-electron chi connectivity index (χ3n) is 6.83. The number of hydrogen-bond donors (Lipinski definition) is 0. The molecule has 14 heteroatoms. The SMILES string of the molecule is Cc1nsc(-c2nnc3n2CCN(C(=O)c2ccc4c(C(F)(F)F)cn(COCC[Si](C)(C)C)c4c2)[C@@H]3C)n1. The Morgan fingerprint density at radius 2 is 1.97 bits per heavy atom. The summed E-state index contributed by atoms with van der Waals surface area (Å²) in [4.78, 5) is 19.7. The summed E-state index contributed by atoms with van der Waals surface area (Å²) in [5.41, 5.74) is -0.135. The van der Waals surface area contributed by atoms with Crippen LogP contribution in [0.15, 0.2) is 24.4 Å². The van der Waals surface area contributed by atoms with E-state index in [2.05, 4.69) is 39.2 Å². The molecule has 0 N–H and O–H groups in total. The van der Waals surface area contributed by atoms with Gasteiger partial charge in [0, 0.05) is 44.9 Å². The minimum atomic E-state index is -4.53. The van der Waals surface area contributed by atoms with Crippen molar-refractivity contribution in [1.82, 2.24) is 33.6 Å². The molecule has 0 unspecified atom stereocenters. The summed E-state index contributed by atoms with van der Waals surface area (Å²) >= 11 is 1.24. The number of carbonyl (C=O) groups excluding carboxylic acids is 1. The van der Waals surface area contributed by atoms with Crippen LogP contribution in [0.4, 0.5) is 13.2 Å². The highest BCUT2D eigenvalue weighted by Crippen LogP contribution is 2.37. The van der Waals surface area contributed by atoms with Gasteiger partial charge in [-0.1, -0.05) is 25.7 Å². The lowest BCUT2D eigenvalue weighted by Gasteiger charge is -2.33. The average molecular weight is 578 g/mol. The van der Waals surface area contributed by atoms with Crippen molar-refractivity contribution >= 4 is 36.4 Å². The fourth-order valence-electron chi connectivity index (χ4n) is 4.67. The van der Waals surface area contributed by atoms with Crippen LogP contribution >= 0.6 is 11.5 Å². The van der Waals surface area contributed by atoms with E-state index >= 15 is 0 Å². The molecule has 0 spiro atoms. The number of aromatic nitrogens is 6. The summed E-state index contributed by atoms with van der Waals surface area (Å²) in [6, 6.07) is 4.87. The van der Waals surface area contributed by atoms with Gasteiger partial charge in [0.25, 0.3) is 5.91 Å². The van der Waals surface area contributed by atoms with Crippen LogP contribution in [0.5, 0.6) is 0 Å². The molecule has 0 saturated carbocycles. The van der Waals surface area contributed by atoms with Gasteiger partial charge in [0.1, 0.15) is 12.6 Å². The topological polar surface area (TPSA) is 91.0 Å². The molecule has 1 aliphatic heterocycles. The lowest BCUT2D eigenvalue weighted by molar-refractivity contribution is -0.136. The fourth-order valence-corrected chi connectivity index (χ4v) is 6.10. The van der Waals surface area contributed by atoms with Gasteiger partial charge in [-0.3, -0.25) is 4.79 Å². The molecule has 1 aromatic carbocycles. The molecule has 4 heterocycles. The Kier molecular flexibility index (Phi) is 7.14. The first kappa shape index (κ1) is 27.5. The van der Waals surface area contributed by atoms with Crippen molar-refractivity contribution in [3.8, 4) is 10.8 Å². The molecule has 0 aliphatic carbocycles. The molecule has 1 atom stereocenters. The Morgan fingerprint density at radius 1 is 1.21 bits per heavy atom. The van der Waals surface area contributed by atoms with Crippen molar-refractivity contribution in [2.45, 2.75) is 65.0 Å². The van der Waals surface area contributed by atoms with Crippen molar-refractivity contribution < 1.29 is 22.7 Å². The number of ether oxygens (including phenoxy) is 1. The van der Waals surface area contributed by atoms with E-state index in [-0.39, 0.29) is 24.1 Å². The summed E-state index contributed by atoms with van der Waals surface area (Å²) in [5, 5.41) is 9.31. The molecule has 0 bridgehead atoms. The number of amides is 1. The molecule has 9 nitrogen and oxygen atoms in total. The van der Waals surface area contributed by atoms with Gasteiger partial charge in [-0.25, -0.2) is 4.98 Å². The lowest BCUT2D eigenvalue weighted by atomic mass is 10.1. The van der Waals surface area contributed by atoms with E-state index in [0.717, 1.165) is 12.2 Å². The van der Waals surface area contributed by atoms with Crippen molar-refractivity contribution in [3.05, 3.63) is 47.2 Å². The average Bonchev–Trinajstić information content (AvgIpc) is 3.57. The molecule has 208 valence electrons. The van der Waals surface area contributed by atoms with Crippen molar-refractivity contribution in [1.29, 1.82) is 0 Å². The summed E-state index contributed by atoms with van der Waals surface area (Å²) in [6.45, 7) is 11.6. The molecule has 39 heavy (non-hydrogen) atoms. The predicted molar refractivity (Wildman–Crippen MR) is 144 cm³/mol. The number of rotatable bonds is 7. The zero-order chi connectivity index (χ0) is 28.1. The van der Waals surface area contributed by atoms with Crippen LogP contribution in [0.3, 0.4) is 0 Å². The van der Waals surface area contributed by atoms with Crippen LogP contribution in [0.25, 0.3) is 21.7 Å². The first-order valence-electron chi connectivity index (χ1n) is 12.7. The van der Waals surface area contributed by atoms with Gasteiger partial charge >= 0.3 is 6.18 Å². The Hall–Kier alpha value is -3.10. The van der Waals surface area contributed by atoms with E-state index in [1.54, 1.807) is 11.8 Å². The van der Waals surface area contributed by atoms with Gasteiger partial charge in [-0.2, -0.15) is 17.5 Å². The number of alkyl halides is 3. The van der Waals surface area contributed by atoms with Crippen LogP contribution in [-0.2, 0) is 24.2 Å². The minimum Gasteiger partial charge on any atom is -0.361 e. The van der Waals surface area contributed by atoms with Crippen molar-refractivity contribution in [3.63, 3.8) is 0 Å². The molecule has 0 saturated heterocycles. The number of hydrogen-bond acceptors (Lipinski definition) is 7. The Morgan fingerprint density at radius 3 is 2.64 bits per heavy atom. The highest BCUT2D eigenvalue weighted by molar-refractivity contribution is 7.09. The second kappa shape index (κ2) is 10.1. The highest BCUT2D eigenvalue weighted by Gasteiger charge is 2.36. The second-order valence-electron chi connectivity index (χ2n) is 10.9. The molecule has 5 rings (SSSR count). The summed E-state index contributed by atoms with van der Waals surface area (Å²) < 4.78 is 54.7. The summed E-state index contributed by atoms with van der Waals surface area (Å²) in [5.74, 6) is 1.61. The first-order chi connectivity index (χ1) is 18.3. The van der Waals surface area contributed by atoms with E-state index < -0.39 is 19.8 Å². The maximum Gasteiger partial charge on any atom is 0.418 e. The molecular formula is C25H30F3N7O2SSi. The van der Waals surface area contributed by atoms with E-state index in [0.29, 0.717) is 53.3 Å². The van der Waals surface area contributed by atoms with E-state index in [1.807, 2.05) is 11.5 Å². The number of aryl methyl sites for hydroxylation is 1. The van der Waals surface area contributed by atoms with Crippen LogP contribution in [0.1, 0.15) is 40.5 Å². The number of benzene rings is 1. The predicted octanol–water partition coefficient (Wildman–Crippen LogP) is 5.61. The third kappa shape index (κ3) is 5.50. The van der Waals surface area contributed by atoms with Crippen LogP contribution < -0.4 is 0 Å². The van der Waals surface area contributed by atoms with Gasteiger partial charge in [0.05, 0.1) is 17.1 Å². The van der Waals surface area contributed by atoms with Crippen molar-refractivity contribution in [2.75, 3.05) is 13.2 Å². The molecule has 3 aromatic heterocycles. The molecule has 1 aliphatic rings. The largest absolute Gasteiger partial charge is 0.418 e. The lowest BCUT2D eigenvalue weighted by Crippen LogP contribution is -2.41. The third-order valence-corrected chi connectivity index (χ3v) is 9.33. The van der Waals surface area contributed by atoms with Crippen LogP contribution in [-0.4, -0.2) is 60.7 Å². The van der Waals surface area contributed by atoms with Crippen LogP contribution in [0.2, 0.25) is 25.7 Å². The van der Waals surface area contributed by atoms with Gasteiger partial charge in [0.2, 0.25) is 0 Å². The number of halogens is 3. The normalized spacial score (nSPS) is 16.2. The van der Waals surface area contributed by atoms with E-state index in [1.165, 1.54) is 34.3 Å². The zero-order valence-electron chi connectivity index (χ0n) is 22.4. The molecule has 0 fully saturated rings. The summed E-state index contributed by atoms with van der Waals surface area (Å²) in [6.07, 6.45) is -3.46. The standard InChI is InChI=1S/C25H30F3N7O2SSi/c1-15-21-30-31-22(23-29-16(2)32-38-23)35(21)9-8-34(15)24(36)17-6-7-18-19(25(26,27)28)13-33(20(18)12-17)14-37-10-11-39(3,4)5/h6-7,12-13,15H,8-11,14H2,1-5H3/t15-/m1/s1. The summed E-state index contributed by atoms with van der Waals surface area (Å²) in [7, 11) is -1.35. The van der Waals surface area contributed by atoms with Gasteiger partial charge in [0.15, 0.2) is 16.7 Å². The minimum absolute atomic E-state index is 0.0220. The van der Waals surface area contributed by atoms with E-state index in [9.17, 15) is 18.0 Å². The van der Waals surface area contributed by atoms with Crippen LogP contribution in [0, 0.1) is 6.92 Å². The fraction of sp³-hybridized carbons (Fsp3) is 0.480. The Balaban J connectivity index is 1.42. The Labute approximate surface area is 228 Å². The van der Waals surface area contributed by atoms with Crippen molar-refractivity contribution in [2.24, 2.45) is 0 Å². The number of carbonyl (C=O) groups is 1. The van der Waals surface area contributed by atoms with E-state index in [4.69, 9.17) is 4.74 Å². The van der Waals surface area contributed by atoms with Gasteiger partial charge in [-0.05, 0) is 43.6 Å². The molecule has 0 radical (unpaired) electrons. The smallest absolute Gasteiger partial charge is 0.361 e. The monoisotopic (exact) mass is 577 g/mol. The maximum absolute atomic E-state index is 13.8. The van der Waals surface area contributed by atoms with Gasteiger partial charge < -0.3 is 18.8 Å². The Bertz CT molecular complexity index is 1520. The maximum atomic E-state index is 13.8. The second-order valence-corrected chi connectivity index (χ2v) is 17.3. The zero-order valence-corrected chi connectivity index (χ0v) is 24.2. The molecular weight excluding hydrogens is 547 g/mol. The quantitative estimate of drug-likeness (QED) is 0.210.